The van der Waals surface area contributed by atoms with E-state index >= 15 is 0 Å². The number of thiophene rings is 1. The van der Waals surface area contributed by atoms with Gasteiger partial charge in [-0.1, -0.05) is 30.3 Å². The lowest BCUT2D eigenvalue weighted by Gasteiger charge is -2.14. The number of benzene rings is 2. The Morgan fingerprint density at radius 3 is 2.71 bits per heavy atom. The third kappa shape index (κ3) is 2.73. The number of rotatable bonds is 5. The Kier molecular flexibility index (Phi) is 4.08. The smallest absolute Gasteiger partial charge is 0.166 e. The summed E-state index contributed by atoms with van der Waals surface area (Å²) in [5.74, 6) is 1.45. The molecule has 0 aliphatic carbocycles. The second-order valence-electron chi connectivity index (χ2n) is 4.70. The van der Waals surface area contributed by atoms with Crippen LogP contribution in [0.5, 0.6) is 11.5 Å². The first-order valence-corrected chi connectivity index (χ1v) is 7.65. The predicted octanol–water partition coefficient (Wildman–Crippen LogP) is 3.95. The van der Waals surface area contributed by atoms with E-state index in [2.05, 4.69) is 23.6 Å². The molecule has 0 aliphatic heterocycles. The van der Waals surface area contributed by atoms with Gasteiger partial charge in [0.1, 0.15) is 6.61 Å². The topological polar surface area (TPSA) is 44.5 Å². The van der Waals surface area contributed by atoms with E-state index in [1.807, 2.05) is 24.3 Å². The lowest BCUT2D eigenvalue weighted by Crippen LogP contribution is -2.04. The van der Waals surface area contributed by atoms with Crippen LogP contribution in [0.15, 0.2) is 47.8 Å². The molecule has 0 saturated carbocycles. The van der Waals surface area contributed by atoms with E-state index in [-0.39, 0.29) is 0 Å². The zero-order valence-electron chi connectivity index (χ0n) is 11.8. The highest BCUT2D eigenvalue weighted by molar-refractivity contribution is 7.17. The van der Waals surface area contributed by atoms with Crippen molar-refractivity contribution in [3.05, 3.63) is 59.0 Å². The zero-order chi connectivity index (χ0) is 14.7. The largest absolute Gasteiger partial charge is 0.493 e. The molecule has 0 saturated heterocycles. The summed E-state index contributed by atoms with van der Waals surface area (Å²) < 4.78 is 12.6. The lowest BCUT2D eigenvalue weighted by atomic mass is 10.1. The Bertz CT molecular complexity index is 729. The van der Waals surface area contributed by atoms with Crippen LogP contribution in [0, 0.1) is 0 Å². The van der Waals surface area contributed by atoms with Gasteiger partial charge in [-0.05, 0) is 22.9 Å². The normalized spacial score (nSPS) is 10.8. The second kappa shape index (κ2) is 6.16. The summed E-state index contributed by atoms with van der Waals surface area (Å²) in [6, 6.07) is 14.1. The summed E-state index contributed by atoms with van der Waals surface area (Å²) in [7, 11) is 1.64. The van der Waals surface area contributed by atoms with Crippen molar-refractivity contribution in [1.29, 1.82) is 0 Å². The Hall–Kier alpha value is -2.04. The van der Waals surface area contributed by atoms with Gasteiger partial charge < -0.3 is 15.2 Å². The molecule has 3 nitrogen and oxygen atoms in total. The standard InChI is InChI=1S/C17H17NO2S/c1-19-15-7-4-5-12(9-18)17(15)20-10-13-11-21-16-8-3-2-6-14(13)16/h2-8,11H,9-10,18H2,1H3. The molecule has 0 unspecified atom stereocenters. The van der Waals surface area contributed by atoms with Crippen LogP contribution >= 0.6 is 11.3 Å². The van der Waals surface area contributed by atoms with Crippen LogP contribution in [0.1, 0.15) is 11.1 Å². The molecule has 0 amide bonds. The molecule has 4 heteroatoms. The van der Waals surface area contributed by atoms with E-state index in [0.29, 0.717) is 13.2 Å². The van der Waals surface area contributed by atoms with E-state index in [4.69, 9.17) is 15.2 Å². The van der Waals surface area contributed by atoms with E-state index in [9.17, 15) is 0 Å². The molecule has 0 fully saturated rings. The highest BCUT2D eigenvalue weighted by Crippen LogP contribution is 2.33. The highest BCUT2D eigenvalue weighted by atomic mass is 32.1. The first kappa shape index (κ1) is 13.9. The Balaban J connectivity index is 1.88. The quantitative estimate of drug-likeness (QED) is 0.776. The molecule has 0 radical (unpaired) electrons. The molecular formula is C17H17NO2S. The summed E-state index contributed by atoms with van der Waals surface area (Å²) >= 11 is 1.73. The molecule has 0 aliphatic rings. The van der Waals surface area contributed by atoms with Crippen LogP contribution in [-0.4, -0.2) is 7.11 Å². The number of methoxy groups -OCH3 is 1. The molecule has 3 aromatic rings. The summed E-state index contributed by atoms with van der Waals surface area (Å²) in [5.41, 5.74) is 7.92. The van der Waals surface area contributed by atoms with E-state index in [1.165, 1.54) is 15.6 Å². The predicted molar refractivity (Wildman–Crippen MR) is 87.0 cm³/mol. The number of ether oxygens (including phenoxy) is 2. The number of nitrogens with two attached hydrogens (primary N) is 1. The molecular weight excluding hydrogens is 282 g/mol. The van der Waals surface area contributed by atoms with Gasteiger partial charge in [-0.15, -0.1) is 11.3 Å². The molecule has 2 N–H and O–H groups in total. The molecule has 0 bridgehead atoms. The monoisotopic (exact) mass is 299 g/mol. The summed E-state index contributed by atoms with van der Waals surface area (Å²) in [6.45, 7) is 0.939. The van der Waals surface area contributed by atoms with Crippen LogP contribution in [0.3, 0.4) is 0 Å². The minimum Gasteiger partial charge on any atom is -0.493 e. The lowest BCUT2D eigenvalue weighted by molar-refractivity contribution is 0.283. The molecule has 108 valence electrons. The summed E-state index contributed by atoms with van der Waals surface area (Å²) in [4.78, 5) is 0. The number of hydrogen-bond acceptors (Lipinski definition) is 4. The molecule has 2 aromatic carbocycles. The molecule has 21 heavy (non-hydrogen) atoms. The fraction of sp³-hybridized carbons (Fsp3) is 0.176. The average molecular weight is 299 g/mol. The Labute approximate surface area is 127 Å². The van der Waals surface area contributed by atoms with Crippen molar-refractivity contribution >= 4 is 21.4 Å². The third-order valence-corrected chi connectivity index (χ3v) is 4.45. The Morgan fingerprint density at radius 1 is 1.05 bits per heavy atom. The molecule has 1 heterocycles. The minimum atomic E-state index is 0.427. The fourth-order valence-corrected chi connectivity index (χ4v) is 3.29. The first-order chi connectivity index (χ1) is 10.3. The molecule has 0 atom stereocenters. The van der Waals surface area contributed by atoms with Gasteiger partial charge in [-0.3, -0.25) is 0 Å². The maximum atomic E-state index is 6.00. The number of hydrogen-bond donors (Lipinski definition) is 1. The van der Waals surface area contributed by atoms with Gasteiger partial charge in [-0.25, -0.2) is 0 Å². The molecule has 1 aromatic heterocycles. The van der Waals surface area contributed by atoms with Gasteiger partial charge in [-0.2, -0.15) is 0 Å². The van der Waals surface area contributed by atoms with E-state index < -0.39 is 0 Å². The SMILES string of the molecule is COc1cccc(CN)c1OCc1csc2ccccc12. The van der Waals surface area contributed by atoms with Gasteiger partial charge in [0.2, 0.25) is 0 Å². The third-order valence-electron chi connectivity index (χ3n) is 3.43. The van der Waals surface area contributed by atoms with Crippen molar-refractivity contribution in [2.45, 2.75) is 13.2 Å². The number of para-hydroxylation sites is 1. The second-order valence-corrected chi connectivity index (χ2v) is 5.61. The number of fused-ring (bicyclic) bond motifs is 1. The van der Waals surface area contributed by atoms with Gasteiger partial charge >= 0.3 is 0 Å². The van der Waals surface area contributed by atoms with Gasteiger partial charge in [0.15, 0.2) is 11.5 Å². The van der Waals surface area contributed by atoms with E-state index in [0.717, 1.165) is 17.1 Å². The first-order valence-electron chi connectivity index (χ1n) is 6.77. The maximum absolute atomic E-state index is 6.00. The summed E-state index contributed by atoms with van der Waals surface area (Å²) in [6.07, 6.45) is 0. The maximum Gasteiger partial charge on any atom is 0.166 e. The van der Waals surface area contributed by atoms with Crippen LogP contribution in [0.4, 0.5) is 0 Å². The Morgan fingerprint density at radius 2 is 1.90 bits per heavy atom. The summed E-state index contributed by atoms with van der Waals surface area (Å²) in [5, 5.41) is 3.38. The van der Waals surface area contributed by atoms with Crippen LogP contribution in [0.25, 0.3) is 10.1 Å². The van der Waals surface area contributed by atoms with Crippen LogP contribution in [0.2, 0.25) is 0 Å². The van der Waals surface area contributed by atoms with Crippen molar-refractivity contribution in [1.82, 2.24) is 0 Å². The fourth-order valence-electron chi connectivity index (χ4n) is 2.34. The average Bonchev–Trinajstić information content (AvgIpc) is 2.95. The van der Waals surface area contributed by atoms with Crippen LogP contribution in [-0.2, 0) is 13.2 Å². The van der Waals surface area contributed by atoms with Gasteiger partial charge in [0.25, 0.3) is 0 Å². The minimum absolute atomic E-state index is 0.427. The molecule has 0 spiro atoms. The van der Waals surface area contributed by atoms with Crippen molar-refractivity contribution in [3.63, 3.8) is 0 Å². The van der Waals surface area contributed by atoms with Crippen LogP contribution < -0.4 is 15.2 Å². The van der Waals surface area contributed by atoms with Gasteiger partial charge in [0.05, 0.1) is 7.11 Å². The molecule has 3 rings (SSSR count). The highest BCUT2D eigenvalue weighted by Gasteiger charge is 2.11. The van der Waals surface area contributed by atoms with Gasteiger partial charge in [0, 0.05) is 22.4 Å². The van der Waals surface area contributed by atoms with Crippen molar-refractivity contribution in [2.24, 2.45) is 5.73 Å². The zero-order valence-corrected chi connectivity index (χ0v) is 12.7. The van der Waals surface area contributed by atoms with Crippen molar-refractivity contribution in [3.8, 4) is 11.5 Å². The van der Waals surface area contributed by atoms with E-state index in [1.54, 1.807) is 18.4 Å². The van der Waals surface area contributed by atoms with Crippen molar-refractivity contribution in [2.75, 3.05) is 7.11 Å². The van der Waals surface area contributed by atoms with Crippen molar-refractivity contribution < 1.29 is 9.47 Å².